The number of anilines is 1. The van der Waals surface area contributed by atoms with Crippen LogP contribution in [0.5, 0.6) is 0 Å². The van der Waals surface area contributed by atoms with Gasteiger partial charge in [-0.05, 0) is 25.5 Å². The van der Waals surface area contributed by atoms with Crippen LogP contribution < -0.4 is 5.32 Å². The Kier molecular flexibility index (Phi) is 3.89. The van der Waals surface area contributed by atoms with Crippen molar-refractivity contribution in [3.8, 4) is 0 Å². The SMILES string of the molecule is Cc1ccc(NCc2cn(C)nc2C(C)(C)C)c(C)c1. The molecule has 0 bridgehead atoms. The quantitative estimate of drug-likeness (QED) is 0.916. The standard InChI is InChI=1S/C17H25N3/c1-12-7-8-15(13(2)9-12)18-10-14-11-20(6)19-16(14)17(3,4)5/h7-9,11,18H,10H2,1-6H3. The van der Waals surface area contributed by atoms with Crippen molar-refractivity contribution in [3.05, 3.63) is 46.8 Å². The molecular weight excluding hydrogens is 246 g/mol. The highest BCUT2D eigenvalue weighted by molar-refractivity contribution is 5.52. The van der Waals surface area contributed by atoms with Crippen molar-refractivity contribution < 1.29 is 0 Å². The second kappa shape index (κ2) is 5.31. The summed E-state index contributed by atoms with van der Waals surface area (Å²) in [6.45, 7) is 11.7. The minimum atomic E-state index is 0.0700. The molecule has 1 N–H and O–H groups in total. The minimum absolute atomic E-state index is 0.0700. The average Bonchev–Trinajstić information content (AvgIpc) is 2.69. The molecule has 3 heteroatoms. The first-order valence-corrected chi connectivity index (χ1v) is 7.11. The molecule has 0 radical (unpaired) electrons. The molecule has 1 aromatic carbocycles. The molecule has 3 nitrogen and oxygen atoms in total. The number of rotatable bonds is 3. The number of aromatic nitrogens is 2. The van der Waals surface area contributed by atoms with Crippen LogP contribution in [0.15, 0.2) is 24.4 Å². The smallest absolute Gasteiger partial charge is 0.0727 e. The van der Waals surface area contributed by atoms with Crippen LogP contribution in [0.25, 0.3) is 0 Å². The van der Waals surface area contributed by atoms with Gasteiger partial charge in [-0.1, -0.05) is 38.5 Å². The summed E-state index contributed by atoms with van der Waals surface area (Å²) in [6.07, 6.45) is 2.11. The summed E-state index contributed by atoms with van der Waals surface area (Å²) < 4.78 is 1.90. The van der Waals surface area contributed by atoms with Crippen LogP contribution in [0.4, 0.5) is 5.69 Å². The molecule has 108 valence electrons. The Morgan fingerprint density at radius 3 is 2.50 bits per heavy atom. The molecule has 1 heterocycles. The molecule has 0 aliphatic carbocycles. The highest BCUT2D eigenvalue weighted by atomic mass is 15.3. The Morgan fingerprint density at radius 2 is 1.90 bits per heavy atom. The lowest BCUT2D eigenvalue weighted by atomic mass is 9.89. The lowest BCUT2D eigenvalue weighted by Gasteiger charge is -2.18. The van der Waals surface area contributed by atoms with Gasteiger partial charge in [0, 0.05) is 36.5 Å². The number of aryl methyl sites for hydroxylation is 3. The number of nitrogens with zero attached hydrogens (tertiary/aromatic N) is 2. The summed E-state index contributed by atoms with van der Waals surface area (Å²) in [6, 6.07) is 6.50. The molecule has 0 amide bonds. The summed E-state index contributed by atoms with van der Waals surface area (Å²) in [5, 5.41) is 8.14. The van der Waals surface area contributed by atoms with E-state index in [1.807, 2.05) is 11.7 Å². The average molecular weight is 271 g/mol. The molecule has 2 aromatic rings. The van der Waals surface area contributed by atoms with Crippen LogP contribution in [0, 0.1) is 13.8 Å². The van der Waals surface area contributed by atoms with Gasteiger partial charge in [-0.3, -0.25) is 4.68 Å². The van der Waals surface area contributed by atoms with E-state index >= 15 is 0 Å². The third-order valence-corrected chi connectivity index (χ3v) is 3.47. The lowest BCUT2D eigenvalue weighted by molar-refractivity contribution is 0.549. The van der Waals surface area contributed by atoms with Gasteiger partial charge in [0.05, 0.1) is 5.69 Å². The molecule has 0 saturated heterocycles. The predicted octanol–water partition coefficient (Wildman–Crippen LogP) is 3.95. The second-order valence-electron chi connectivity index (χ2n) is 6.60. The zero-order valence-corrected chi connectivity index (χ0v) is 13.4. The predicted molar refractivity (Wildman–Crippen MR) is 85.2 cm³/mol. The van der Waals surface area contributed by atoms with Crippen LogP contribution >= 0.6 is 0 Å². The van der Waals surface area contributed by atoms with Crippen molar-refractivity contribution in [3.63, 3.8) is 0 Å². The van der Waals surface area contributed by atoms with Crippen LogP contribution in [-0.4, -0.2) is 9.78 Å². The maximum atomic E-state index is 4.61. The first-order chi connectivity index (χ1) is 9.27. The lowest BCUT2D eigenvalue weighted by Crippen LogP contribution is -2.16. The Labute approximate surface area is 122 Å². The van der Waals surface area contributed by atoms with E-state index in [-0.39, 0.29) is 5.41 Å². The van der Waals surface area contributed by atoms with E-state index in [4.69, 9.17) is 0 Å². The maximum absolute atomic E-state index is 4.61. The van der Waals surface area contributed by atoms with Crippen LogP contribution in [0.2, 0.25) is 0 Å². The zero-order valence-electron chi connectivity index (χ0n) is 13.4. The van der Waals surface area contributed by atoms with E-state index in [1.165, 1.54) is 22.4 Å². The summed E-state index contributed by atoms with van der Waals surface area (Å²) in [5.74, 6) is 0. The number of hydrogen-bond acceptors (Lipinski definition) is 2. The molecular formula is C17H25N3. The third-order valence-electron chi connectivity index (χ3n) is 3.47. The Balaban J connectivity index is 2.19. The Morgan fingerprint density at radius 1 is 1.20 bits per heavy atom. The van der Waals surface area contributed by atoms with Crippen molar-refractivity contribution in [2.75, 3.05) is 5.32 Å². The van der Waals surface area contributed by atoms with Gasteiger partial charge in [-0.25, -0.2) is 0 Å². The van der Waals surface area contributed by atoms with Crippen molar-refractivity contribution in [2.45, 2.75) is 46.6 Å². The van der Waals surface area contributed by atoms with Gasteiger partial charge in [0.25, 0.3) is 0 Å². The molecule has 0 saturated carbocycles. The maximum Gasteiger partial charge on any atom is 0.0727 e. The Bertz CT molecular complexity index is 603. The molecule has 0 fully saturated rings. The van der Waals surface area contributed by atoms with E-state index in [2.05, 4.69) is 69.4 Å². The largest absolute Gasteiger partial charge is 0.381 e. The molecule has 20 heavy (non-hydrogen) atoms. The molecule has 0 aliphatic heterocycles. The van der Waals surface area contributed by atoms with E-state index < -0.39 is 0 Å². The summed E-state index contributed by atoms with van der Waals surface area (Å²) in [5.41, 5.74) is 6.27. The van der Waals surface area contributed by atoms with Gasteiger partial charge < -0.3 is 5.32 Å². The molecule has 0 atom stereocenters. The first kappa shape index (κ1) is 14.6. The van der Waals surface area contributed by atoms with Crippen LogP contribution in [-0.2, 0) is 19.0 Å². The molecule has 0 unspecified atom stereocenters. The van der Waals surface area contributed by atoms with Gasteiger partial charge in [0.15, 0.2) is 0 Å². The molecule has 0 spiro atoms. The van der Waals surface area contributed by atoms with Gasteiger partial charge >= 0.3 is 0 Å². The number of benzene rings is 1. The van der Waals surface area contributed by atoms with Crippen molar-refractivity contribution in [2.24, 2.45) is 7.05 Å². The van der Waals surface area contributed by atoms with E-state index in [0.717, 1.165) is 12.2 Å². The topological polar surface area (TPSA) is 29.9 Å². The van der Waals surface area contributed by atoms with Crippen molar-refractivity contribution >= 4 is 5.69 Å². The fourth-order valence-corrected chi connectivity index (χ4v) is 2.50. The third kappa shape index (κ3) is 3.21. The van der Waals surface area contributed by atoms with Crippen LogP contribution in [0.1, 0.15) is 43.2 Å². The van der Waals surface area contributed by atoms with Crippen molar-refractivity contribution in [1.82, 2.24) is 9.78 Å². The number of nitrogens with one attached hydrogen (secondary N) is 1. The second-order valence-corrected chi connectivity index (χ2v) is 6.60. The number of hydrogen-bond donors (Lipinski definition) is 1. The van der Waals surface area contributed by atoms with E-state index in [9.17, 15) is 0 Å². The fraction of sp³-hybridized carbons (Fsp3) is 0.471. The highest BCUT2D eigenvalue weighted by Gasteiger charge is 2.21. The normalized spacial score (nSPS) is 11.7. The van der Waals surface area contributed by atoms with Gasteiger partial charge in [-0.15, -0.1) is 0 Å². The summed E-state index contributed by atoms with van der Waals surface area (Å²) in [4.78, 5) is 0. The van der Waals surface area contributed by atoms with Crippen LogP contribution in [0.3, 0.4) is 0 Å². The summed E-state index contributed by atoms with van der Waals surface area (Å²) >= 11 is 0. The monoisotopic (exact) mass is 271 g/mol. The highest BCUT2D eigenvalue weighted by Crippen LogP contribution is 2.25. The van der Waals surface area contributed by atoms with E-state index in [0.29, 0.717) is 0 Å². The first-order valence-electron chi connectivity index (χ1n) is 7.11. The van der Waals surface area contributed by atoms with Gasteiger partial charge in [0.1, 0.15) is 0 Å². The fourth-order valence-electron chi connectivity index (χ4n) is 2.50. The molecule has 1 aromatic heterocycles. The zero-order chi connectivity index (χ0) is 14.9. The summed E-state index contributed by atoms with van der Waals surface area (Å²) in [7, 11) is 1.98. The van der Waals surface area contributed by atoms with Crippen molar-refractivity contribution in [1.29, 1.82) is 0 Å². The van der Waals surface area contributed by atoms with Gasteiger partial charge in [-0.2, -0.15) is 5.10 Å². The minimum Gasteiger partial charge on any atom is -0.381 e. The molecule has 2 rings (SSSR count). The molecule has 0 aliphatic rings. The Hall–Kier alpha value is -1.77. The van der Waals surface area contributed by atoms with Gasteiger partial charge in [0.2, 0.25) is 0 Å². The van der Waals surface area contributed by atoms with E-state index in [1.54, 1.807) is 0 Å².